The zero-order chi connectivity index (χ0) is 15.9. The fourth-order valence-electron chi connectivity index (χ4n) is 2.30. The summed E-state index contributed by atoms with van der Waals surface area (Å²) in [6.45, 7) is 7.78. The molecule has 0 spiro atoms. The Morgan fingerprint density at radius 3 is 2.55 bits per heavy atom. The second-order valence-electron chi connectivity index (χ2n) is 5.03. The van der Waals surface area contributed by atoms with E-state index in [1.54, 1.807) is 11.0 Å². The molecule has 1 aliphatic rings. The van der Waals surface area contributed by atoms with Crippen LogP contribution < -0.4 is 9.47 Å². The van der Waals surface area contributed by atoms with E-state index in [0.29, 0.717) is 0 Å². The molecule has 2 rings (SSSR count). The molecule has 0 N–H and O–H groups in total. The van der Waals surface area contributed by atoms with E-state index in [1.807, 2.05) is 38.1 Å². The molecule has 1 aliphatic heterocycles. The van der Waals surface area contributed by atoms with Gasteiger partial charge < -0.3 is 14.4 Å². The molecule has 1 aromatic carbocycles. The molecule has 0 atom stereocenters. The fourth-order valence-corrected chi connectivity index (χ4v) is 2.30. The molecule has 0 unspecified atom stereocenters. The van der Waals surface area contributed by atoms with Gasteiger partial charge in [0.1, 0.15) is 0 Å². The van der Waals surface area contributed by atoms with Crippen LogP contribution in [0.2, 0.25) is 0 Å². The minimum absolute atomic E-state index is 0.0510. The maximum Gasteiger partial charge on any atom is 0.246 e. The number of nitrogens with zero attached hydrogens (tertiary/aromatic N) is 1. The number of amides is 1. The van der Waals surface area contributed by atoms with E-state index in [1.165, 1.54) is 0 Å². The molecule has 1 amide bonds. The van der Waals surface area contributed by atoms with Crippen LogP contribution in [-0.4, -0.2) is 30.7 Å². The van der Waals surface area contributed by atoms with Gasteiger partial charge in [0.25, 0.3) is 0 Å². The molecule has 22 heavy (non-hydrogen) atoms. The van der Waals surface area contributed by atoms with E-state index in [0.717, 1.165) is 42.1 Å². The molecule has 0 fully saturated rings. The van der Waals surface area contributed by atoms with Gasteiger partial charge in [-0.3, -0.25) is 4.79 Å². The monoisotopic (exact) mass is 301 g/mol. The van der Waals surface area contributed by atoms with Gasteiger partial charge in [0.2, 0.25) is 12.7 Å². The predicted molar refractivity (Wildman–Crippen MR) is 87.9 cm³/mol. The van der Waals surface area contributed by atoms with E-state index in [9.17, 15) is 4.79 Å². The fraction of sp³-hybridized carbons (Fsp3) is 0.389. The lowest BCUT2D eigenvalue weighted by molar-refractivity contribution is -0.125. The Morgan fingerprint density at radius 2 is 1.86 bits per heavy atom. The van der Waals surface area contributed by atoms with Crippen LogP contribution in [-0.2, 0) is 4.79 Å². The van der Waals surface area contributed by atoms with Gasteiger partial charge >= 0.3 is 0 Å². The first-order valence-electron chi connectivity index (χ1n) is 7.75. The van der Waals surface area contributed by atoms with Crippen molar-refractivity contribution in [3.05, 3.63) is 41.5 Å². The van der Waals surface area contributed by atoms with Crippen molar-refractivity contribution in [1.82, 2.24) is 4.90 Å². The van der Waals surface area contributed by atoms with Crippen molar-refractivity contribution in [2.24, 2.45) is 0 Å². The highest BCUT2D eigenvalue weighted by molar-refractivity contribution is 5.88. The summed E-state index contributed by atoms with van der Waals surface area (Å²) in [7, 11) is 0. The number of ether oxygens (including phenoxy) is 2. The average molecular weight is 301 g/mol. The Balaban J connectivity index is 2.12. The normalized spacial score (nSPS) is 13.7. The lowest BCUT2D eigenvalue weighted by Gasteiger charge is -2.15. The van der Waals surface area contributed by atoms with Gasteiger partial charge in [-0.15, -0.1) is 0 Å². The minimum Gasteiger partial charge on any atom is -0.454 e. The van der Waals surface area contributed by atoms with Crippen molar-refractivity contribution in [3.8, 4) is 11.5 Å². The van der Waals surface area contributed by atoms with Crippen LogP contribution in [0.5, 0.6) is 11.5 Å². The SMILES string of the molecule is CCC(/C=C/C(=O)N(CC)CC)=C\c1ccc2c(c1)OCO2. The van der Waals surface area contributed by atoms with Gasteiger partial charge in [0.05, 0.1) is 0 Å². The molecule has 1 heterocycles. The molecule has 118 valence electrons. The molecular weight excluding hydrogens is 278 g/mol. The van der Waals surface area contributed by atoms with Crippen LogP contribution in [0.1, 0.15) is 32.8 Å². The van der Waals surface area contributed by atoms with Gasteiger partial charge in [-0.05, 0) is 43.5 Å². The molecular formula is C18H23NO3. The lowest BCUT2D eigenvalue weighted by atomic mass is 10.1. The molecule has 0 aromatic heterocycles. The third-order valence-electron chi connectivity index (χ3n) is 3.67. The van der Waals surface area contributed by atoms with Crippen LogP contribution >= 0.6 is 0 Å². The highest BCUT2D eigenvalue weighted by Crippen LogP contribution is 2.33. The summed E-state index contributed by atoms with van der Waals surface area (Å²) < 4.78 is 10.7. The summed E-state index contributed by atoms with van der Waals surface area (Å²) in [5.41, 5.74) is 2.14. The van der Waals surface area contributed by atoms with Crippen molar-refractivity contribution in [2.75, 3.05) is 19.9 Å². The third kappa shape index (κ3) is 3.91. The Labute approximate surface area is 132 Å². The summed E-state index contributed by atoms with van der Waals surface area (Å²) in [6.07, 6.45) is 6.46. The van der Waals surface area contributed by atoms with Gasteiger partial charge in [0, 0.05) is 19.2 Å². The molecule has 0 saturated heterocycles. The topological polar surface area (TPSA) is 38.8 Å². The number of allylic oxidation sites excluding steroid dienone is 2. The zero-order valence-electron chi connectivity index (χ0n) is 13.5. The first kappa shape index (κ1) is 16.1. The highest BCUT2D eigenvalue weighted by Gasteiger charge is 2.12. The molecule has 4 nitrogen and oxygen atoms in total. The Kier molecular flexibility index (Phi) is 5.64. The van der Waals surface area contributed by atoms with Crippen LogP contribution in [0.3, 0.4) is 0 Å². The van der Waals surface area contributed by atoms with Crippen LogP contribution in [0.15, 0.2) is 35.9 Å². The molecule has 0 saturated carbocycles. The largest absolute Gasteiger partial charge is 0.454 e. The van der Waals surface area contributed by atoms with Gasteiger partial charge in [-0.1, -0.05) is 25.1 Å². The van der Waals surface area contributed by atoms with E-state index in [4.69, 9.17) is 9.47 Å². The number of hydrogen-bond donors (Lipinski definition) is 0. The predicted octanol–water partition coefficient (Wildman–Crippen LogP) is 3.63. The third-order valence-corrected chi connectivity index (χ3v) is 3.67. The van der Waals surface area contributed by atoms with Crippen molar-refractivity contribution in [3.63, 3.8) is 0 Å². The number of benzene rings is 1. The first-order chi connectivity index (χ1) is 10.7. The van der Waals surface area contributed by atoms with E-state index in [2.05, 4.69) is 13.0 Å². The molecule has 1 aromatic rings. The Hall–Kier alpha value is -2.23. The Morgan fingerprint density at radius 1 is 1.14 bits per heavy atom. The summed E-state index contributed by atoms with van der Waals surface area (Å²) in [5, 5.41) is 0. The van der Waals surface area contributed by atoms with Crippen LogP contribution in [0.25, 0.3) is 6.08 Å². The second-order valence-corrected chi connectivity index (χ2v) is 5.03. The Bertz CT molecular complexity index is 586. The summed E-state index contributed by atoms with van der Waals surface area (Å²) >= 11 is 0. The van der Waals surface area contributed by atoms with Crippen molar-refractivity contribution >= 4 is 12.0 Å². The number of hydrogen-bond acceptors (Lipinski definition) is 3. The summed E-state index contributed by atoms with van der Waals surface area (Å²) in [6, 6.07) is 5.85. The molecule has 4 heteroatoms. The maximum absolute atomic E-state index is 12.0. The number of carbonyl (C=O) groups is 1. The van der Waals surface area contributed by atoms with Crippen LogP contribution in [0.4, 0.5) is 0 Å². The number of rotatable bonds is 6. The summed E-state index contributed by atoms with van der Waals surface area (Å²) in [5.74, 6) is 1.60. The second kappa shape index (κ2) is 7.69. The molecule has 0 bridgehead atoms. The van der Waals surface area contributed by atoms with Crippen molar-refractivity contribution in [1.29, 1.82) is 0 Å². The van der Waals surface area contributed by atoms with Gasteiger partial charge in [-0.2, -0.15) is 0 Å². The van der Waals surface area contributed by atoms with E-state index < -0.39 is 0 Å². The zero-order valence-corrected chi connectivity index (χ0v) is 13.5. The lowest BCUT2D eigenvalue weighted by Crippen LogP contribution is -2.28. The molecule has 0 radical (unpaired) electrons. The van der Waals surface area contributed by atoms with Gasteiger partial charge in [-0.25, -0.2) is 0 Å². The van der Waals surface area contributed by atoms with Crippen LogP contribution in [0, 0.1) is 0 Å². The quantitative estimate of drug-likeness (QED) is 0.595. The number of carbonyl (C=O) groups excluding carboxylic acids is 1. The summed E-state index contributed by atoms with van der Waals surface area (Å²) in [4.78, 5) is 13.8. The van der Waals surface area contributed by atoms with E-state index in [-0.39, 0.29) is 12.7 Å². The van der Waals surface area contributed by atoms with Crippen molar-refractivity contribution in [2.45, 2.75) is 27.2 Å². The number of likely N-dealkylation sites (N-methyl/N-ethyl adjacent to an activating group) is 1. The van der Waals surface area contributed by atoms with E-state index >= 15 is 0 Å². The molecule has 0 aliphatic carbocycles. The van der Waals surface area contributed by atoms with Gasteiger partial charge in [0.15, 0.2) is 11.5 Å². The first-order valence-corrected chi connectivity index (χ1v) is 7.75. The van der Waals surface area contributed by atoms with Crippen molar-refractivity contribution < 1.29 is 14.3 Å². The number of fused-ring (bicyclic) bond motifs is 1. The maximum atomic E-state index is 12.0. The average Bonchev–Trinajstić information content (AvgIpc) is 3.00. The minimum atomic E-state index is 0.0510. The highest BCUT2D eigenvalue weighted by atomic mass is 16.7. The smallest absolute Gasteiger partial charge is 0.246 e. The standard InChI is InChI=1S/C18H23NO3/c1-4-14(8-10-18(20)19(5-2)6-3)11-15-7-9-16-17(12-15)22-13-21-16/h7-12H,4-6,13H2,1-3H3/b10-8+,14-11+.